The summed E-state index contributed by atoms with van der Waals surface area (Å²) in [6.07, 6.45) is 2.38. The van der Waals surface area contributed by atoms with E-state index in [0.29, 0.717) is 19.7 Å². The largest absolute Gasteiger partial charge is 0.383 e. The van der Waals surface area contributed by atoms with Crippen LogP contribution < -0.4 is 5.73 Å². The summed E-state index contributed by atoms with van der Waals surface area (Å²) in [6.45, 7) is 2.88. The lowest BCUT2D eigenvalue weighted by atomic mass is 10.3. The lowest BCUT2D eigenvalue weighted by Gasteiger charge is -2.23. The van der Waals surface area contributed by atoms with Gasteiger partial charge < -0.3 is 20.3 Å². The van der Waals surface area contributed by atoms with Crippen LogP contribution in [0.3, 0.4) is 0 Å². The zero-order valence-electron chi connectivity index (χ0n) is 12.4. The summed E-state index contributed by atoms with van der Waals surface area (Å²) in [6, 6.07) is 0. The molecule has 0 fully saturated rings. The molecule has 0 spiro atoms. The molecule has 0 aromatic carbocycles. The maximum absolute atomic E-state index is 12.2. The first-order valence-corrected chi connectivity index (χ1v) is 6.59. The Morgan fingerprint density at radius 2 is 2.15 bits per heavy atom. The van der Waals surface area contributed by atoms with Crippen LogP contribution in [-0.4, -0.2) is 77.9 Å². The van der Waals surface area contributed by atoms with Gasteiger partial charge in [-0.15, -0.1) is 5.10 Å². The van der Waals surface area contributed by atoms with E-state index < -0.39 is 0 Å². The normalized spacial score (nSPS) is 11.0. The van der Waals surface area contributed by atoms with Crippen molar-refractivity contribution >= 4 is 11.9 Å². The van der Waals surface area contributed by atoms with Crippen LogP contribution in [0.1, 0.15) is 6.42 Å². The standard InChI is InChI=1S/C12H24N6O2/c1-16(2)5-4-6-17(7-8-20-3)11(19)9-18-10-14-12(13)15-18/h10H,4-9H2,1-3H3,(H2,13,15). The fourth-order valence-corrected chi connectivity index (χ4v) is 1.76. The van der Waals surface area contributed by atoms with Crippen molar-refractivity contribution in [3.63, 3.8) is 0 Å². The van der Waals surface area contributed by atoms with Gasteiger partial charge in [0.2, 0.25) is 11.9 Å². The number of ether oxygens (including phenoxy) is 1. The Morgan fingerprint density at radius 1 is 1.40 bits per heavy atom. The van der Waals surface area contributed by atoms with Gasteiger partial charge in [-0.1, -0.05) is 0 Å². The van der Waals surface area contributed by atoms with Crippen molar-refractivity contribution in [2.45, 2.75) is 13.0 Å². The minimum Gasteiger partial charge on any atom is -0.383 e. The van der Waals surface area contributed by atoms with E-state index in [1.165, 1.54) is 11.0 Å². The Balaban J connectivity index is 2.49. The molecule has 0 aliphatic carbocycles. The maximum atomic E-state index is 12.2. The summed E-state index contributed by atoms with van der Waals surface area (Å²) < 4.78 is 6.49. The Hall–Kier alpha value is -1.67. The van der Waals surface area contributed by atoms with Crippen LogP contribution in [-0.2, 0) is 16.1 Å². The topological polar surface area (TPSA) is 89.5 Å². The molecular weight excluding hydrogens is 260 g/mol. The Bertz CT molecular complexity index is 406. The van der Waals surface area contributed by atoms with E-state index in [1.54, 1.807) is 12.0 Å². The van der Waals surface area contributed by atoms with E-state index in [9.17, 15) is 4.79 Å². The molecule has 1 aromatic rings. The minimum atomic E-state index is -0.00861. The van der Waals surface area contributed by atoms with Gasteiger partial charge in [0, 0.05) is 20.2 Å². The van der Waals surface area contributed by atoms with Crippen LogP contribution in [0.25, 0.3) is 0 Å². The molecule has 1 rings (SSSR count). The number of amides is 1. The lowest BCUT2D eigenvalue weighted by molar-refractivity contribution is -0.132. The first-order valence-electron chi connectivity index (χ1n) is 6.59. The highest BCUT2D eigenvalue weighted by Crippen LogP contribution is 1.98. The van der Waals surface area contributed by atoms with E-state index in [-0.39, 0.29) is 18.4 Å². The van der Waals surface area contributed by atoms with Gasteiger partial charge in [-0.3, -0.25) is 4.79 Å². The average Bonchev–Trinajstić information content (AvgIpc) is 2.78. The third-order valence-corrected chi connectivity index (χ3v) is 2.80. The van der Waals surface area contributed by atoms with Gasteiger partial charge >= 0.3 is 0 Å². The predicted octanol–water partition coefficient (Wildman–Crippen LogP) is -0.713. The van der Waals surface area contributed by atoms with Crippen molar-refractivity contribution in [1.29, 1.82) is 0 Å². The first-order chi connectivity index (χ1) is 9.52. The highest BCUT2D eigenvalue weighted by Gasteiger charge is 2.14. The second-order valence-electron chi connectivity index (χ2n) is 4.83. The molecule has 114 valence electrons. The van der Waals surface area contributed by atoms with Crippen LogP contribution >= 0.6 is 0 Å². The first kappa shape index (κ1) is 16.4. The van der Waals surface area contributed by atoms with Crippen LogP contribution in [0, 0.1) is 0 Å². The van der Waals surface area contributed by atoms with Crippen molar-refractivity contribution < 1.29 is 9.53 Å². The molecule has 1 aromatic heterocycles. The van der Waals surface area contributed by atoms with E-state index in [1.807, 2.05) is 14.1 Å². The summed E-state index contributed by atoms with van der Waals surface area (Å²) in [5, 5.41) is 3.92. The number of aromatic nitrogens is 3. The van der Waals surface area contributed by atoms with Crippen molar-refractivity contribution in [2.75, 3.05) is 53.2 Å². The summed E-state index contributed by atoms with van der Waals surface area (Å²) in [5.41, 5.74) is 5.43. The second kappa shape index (κ2) is 8.49. The highest BCUT2D eigenvalue weighted by molar-refractivity contribution is 5.75. The van der Waals surface area contributed by atoms with Gasteiger partial charge in [0.05, 0.1) is 6.61 Å². The van der Waals surface area contributed by atoms with Gasteiger partial charge in [0.15, 0.2) is 0 Å². The van der Waals surface area contributed by atoms with Gasteiger partial charge in [0.25, 0.3) is 0 Å². The SMILES string of the molecule is COCCN(CCCN(C)C)C(=O)Cn1cnc(N)n1. The zero-order chi connectivity index (χ0) is 15.0. The van der Waals surface area contributed by atoms with Crippen LogP contribution in [0.5, 0.6) is 0 Å². The molecule has 1 heterocycles. The minimum absolute atomic E-state index is 0.00861. The third-order valence-electron chi connectivity index (χ3n) is 2.80. The molecule has 0 unspecified atom stereocenters. The van der Waals surface area contributed by atoms with Crippen molar-refractivity contribution in [3.05, 3.63) is 6.33 Å². The summed E-state index contributed by atoms with van der Waals surface area (Å²) in [4.78, 5) is 19.9. The number of nitrogen functional groups attached to an aromatic ring is 1. The van der Waals surface area contributed by atoms with E-state index in [2.05, 4.69) is 15.0 Å². The lowest BCUT2D eigenvalue weighted by Crippen LogP contribution is -2.38. The van der Waals surface area contributed by atoms with Crippen molar-refractivity contribution in [3.8, 4) is 0 Å². The molecular formula is C12H24N6O2. The molecule has 2 N–H and O–H groups in total. The number of hydrogen-bond acceptors (Lipinski definition) is 6. The zero-order valence-corrected chi connectivity index (χ0v) is 12.4. The fourth-order valence-electron chi connectivity index (χ4n) is 1.76. The van der Waals surface area contributed by atoms with Crippen molar-refractivity contribution in [1.82, 2.24) is 24.6 Å². The van der Waals surface area contributed by atoms with E-state index in [0.717, 1.165) is 13.0 Å². The molecule has 0 aliphatic rings. The predicted molar refractivity (Wildman–Crippen MR) is 76.1 cm³/mol. The van der Waals surface area contributed by atoms with Gasteiger partial charge in [-0.25, -0.2) is 9.67 Å². The Morgan fingerprint density at radius 3 is 2.70 bits per heavy atom. The number of anilines is 1. The summed E-state index contributed by atoms with van der Waals surface area (Å²) >= 11 is 0. The number of carbonyl (C=O) groups excluding carboxylic acids is 1. The van der Waals surface area contributed by atoms with Gasteiger partial charge in [0.1, 0.15) is 12.9 Å². The molecule has 0 bridgehead atoms. The molecule has 0 saturated carbocycles. The molecule has 1 amide bonds. The Kier molecular flexibility index (Phi) is 6.96. The molecule has 0 radical (unpaired) electrons. The van der Waals surface area contributed by atoms with Crippen LogP contribution in [0.4, 0.5) is 5.95 Å². The van der Waals surface area contributed by atoms with Crippen LogP contribution in [0.15, 0.2) is 6.33 Å². The number of nitrogens with zero attached hydrogens (tertiary/aromatic N) is 5. The second-order valence-corrected chi connectivity index (χ2v) is 4.83. The van der Waals surface area contributed by atoms with Crippen LogP contribution in [0.2, 0.25) is 0 Å². The third kappa shape index (κ3) is 5.98. The Labute approximate surface area is 119 Å². The van der Waals surface area contributed by atoms with Crippen molar-refractivity contribution in [2.24, 2.45) is 0 Å². The highest BCUT2D eigenvalue weighted by atomic mass is 16.5. The smallest absolute Gasteiger partial charge is 0.244 e. The number of nitrogens with two attached hydrogens (primary N) is 1. The quantitative estimate of drug-likeness (QED) is 0.644. The van der Waals surface area contributed by atoms with Gasteiger partial charge in [-0.05, 0) is 27.1 Å². The molecule has 8 heteroatoms. The fraction of sp³-hybridized carbons (Fsp3) is 0.750. The summed E-state index contributed by atoms with van der Waals surface area (Å²) in [5.74, 6) is 0.166. The molecule has 0 saturated heterocycles. The van der Waals surface area contributed by atoms with E-state index in [4.69, 9.17) is 10.5 Å². The molecule has 8 nitrogen and oxygen atoms in total. The summed E-state index contributed by atoms with van der Waals surface area (Å²) in [7, 11) is 5.65. The number of carbonyl (C=O) groups is 1. The maximum Gasteiger partial charge on any atom is 0.244 e. The number of rotatable bonds is 9. The monoisotopic (exact) mass is 284 g/mol. The van der Waals surface area contributed by atoms with Gasteiger partial charge in [-0.2, -0.15) is 0 Å². The molecule has 0 atom stereocenters. The molecule has 20 heavy (non-hydrogen) atoms. The van der Waals surface area contributed by atoms with E-state index >= 15 is 0 Å². The average molecular weight is 284 g/mol. The number of hydrogen-bond donors (Lipinski definition) is 1. The molecule has 0 aliphatic heterocycles. The number of methoxy groups -OCH3 is 1.